The fraction of sp³-hybridized carbons (Fsp3) is 0.316. The van der Waals surface area contributed by atoms with Gasteiger partial charge in [-0.2, -0.15) is 0 Å². The second kappa shape index (κ2) is 10.4. The molecule has 0 atom stereocenters. The van der Waals surface area contributed by atoms with Crippen molar-refractivity contribution in [2.24, 2.45) is 0 Å². The number of benzene rings is 1. The first-order chi connectivity index (χ1) is 13.4. The molecule has 1 aromatic carbocycles. The number of carbonyl (C=O) groups excluding carboxylic acids is 3. The fourth-order valence-electron chi connectivity index (χ4n) is 2.26. The third-order valence-corrected chi connectivity index (χ3v) is 4.11. The Labute approximate surface area is 167 Å². The number of hydrogen-bond acceptors (Lipinski definition) is 6. The molecule has 0 spiro atoms. The summed E-state index contributed by atoms with van der Waals surface area (Å²) < 4.78 is 15.1. The van der Waals surface area contributed by atoms with E-state index in [1.54, 1.807) is 31.2 Å². The van der Waals surface area contributed by atoms with Gasteiger partial charge in [0.1, 0.15) is 5.75 Å². The predicted octanol–water partition coefficient (Wildman–Crippen LogP) is 2.94. The summed E-state index contributed by atoms with van der Waals surface area (Å²) in [6.07, 6.45) is 1.84. The first kappa shape index (κ1) is 21.3. The molecule has 0 unspecified atom stereocenters. The van der Waals surface area contributed by atoms with Crippen LogP contribution in [0.5, 0.6) is 5.75 Å². The van der Waals surface area contributed by atoms with E-state index in [4.69, 9.17) is 25.5 Å². The molecule has 2 aromatic rings. The Hall–Kier alpha value is -3.00. The van der Waals surface area contributed by atoms with Gasteiger partial charge in [0.05, 0.1) is 19.1 Å². The molecule has 0 saturated heterocycles. The number of rotatable bonds is 9. The first-order valence-corrected chi connectivity index (χ1v) is 8.90. The van der Waals surface area contributed by atoms with Gasteiger partial charge in [-0.15, -0.1) is 0 Å². The van der Waals surface area contributed by atoms with Gasteiger partial charge in [-0.05, 0) is 37.1 Å². The SMILES string of the molecule is COc1cc(Cl)c(C)cc1NC(=O)COC(=O)CCCNC(=O)c1ccco1. The van der Waals surface area contributed by atoms with E-state index >= 15 is 0 Å². The summed E-state index contributed by atoms with van der Waals surface area (Å²) in [5.74, 6) is -0.791. The zero-order valence-electron chi connectivity index (χ0n) is 15.5. The highest BCUT2D eigenvalue weighted by molar-refractivity contribution is 6.31. The molecule has 2 rings (SSSR count). The first-order valence-electron chi connectivity index (χ1n) is 8.52. The summed E-state index contributed by atoms with van der Waals surface area (Å²) in [5, 5.41) is 5.75. The highest BCUT2D eigenvalue weighted by Gasteiger charge is 2.13. The van der Waals surface area contributed by atoms with Gasteiger partial charge in [-0.1, -0.05) is 11.6 Å². The minimum atomic E-state index is -0.540. The van der Waals surface area contributed by atoms with Crippen molar-refractivity contribution in [3.8, 4) is 5.75 Å². The molecule has 0 saturated carbocycles. The maximum atomic E-state index is 12.0. The Kier molecular flexibility index (Phi) is 7.88. The molecular weight excluding hydrogens is 388 g/mol. The largest absolute Gasteiger partial charge is 0.495 e. The summed E-state index contributed by atoms with van der Waals surface area (Å²) in [7, 11) is 1.46. The average Bonchev–Trinajstić information content (AvgIpc) is 3.21. The molecule has 150 valence electrons. The van der Waals surface area contributed by atoms with Crippen molar-refractivity contribution in [1.82, 2.24) is 5.32 Å². The number of methoxy groups -OCH3 is 1. The summed E-state index contributed by atoms with van der Waals surface area (Å²) in [4.78, 5) is 35.4. The highest BCUT2D eigenvalue weighted by atomic mass is 35.5. The molecular formula is C19H21ClN2O6. The smallest absolute Gasteiger partial charge is 0.306 e. The minimum Gasteiger partial charge on any atom is -0.495 e. The monoisotopic (exact) mass is 408 g/mol. The number of furan rings is 1. The molecule has 0 fully saturated rings. The van der Waals surface area contributed by atoms with Crippen LogP contribution in [0.4, 0.5) is 5.69 Å². The van der Waals surface area contributed by atoms with Crippen LogP contribution < -0.4 is 15.4 Å². The van der Waals surface area contributed by atoms with Crippen LogP contribution in [0.1, 0.15) is 29.0 Å². The van der Waals surface area contributed by atoms with E-state index in [1.165, 1.54) is 13.4 Å². The molecule has 0 aliphatic carbocycles. The third kappa shape index (κ3) is 6.31. The van der Waals surface area contributed by atoms with Crippen LogP contribution in [0.2, 0.25) is 5.02 Å². The van der Waals surface area contributed by atoms with Crippen molar-refractivity contribution in [2.45, 2.75) is 19.8 Å². The zero-order chi connectivity index (χ0) is 20.5. The number of esters is 1. The standard InChI is InChI=1S/C19H21ClN2O6/c1-12-9-14(16(26-2)10-13(12)20)22-17(23)11-28-18(24)6-3-7-21-19(25)15-5-4-8-27-15/h4-5,8-10H,3,6-7,11H2,1-2H3,(H,21,25)(H,22,23). The number of hydrogen-bond donors (Lipinski definition) is 2. The fourth-order valence-corrected chi connectivity index (χ4v) is 2.42. The molecule has 2 amide bonds. The zero-order valence-corrected chi connectivity index (χ0v) is 16.3. The van der Waals surface area contributed by atoms with E-state index in [-0.39, 0.29) is 24.6 Å². The molecule has 0 aliphatic heterocycles. The van der Waals surface area contributed by atoms with Crippen LogP contribution in [0, 0.1) is 6.92 Å². The van der Waals surface area contributed by atoms with Crippen molar-refractivity contribution in [3.05, 3.63) is 46.9 Å². The number of aryl methyl sites for hydroxylation is 1. The number of nitrogens with one attached hydrogen (secondary N) is 2. The van der Waals surface area contributed by atoms with Gasteiger partial charge in [0.2, 0.25) is 0 Å². The topological polar surface area (TPSA) is 107 Å². The van der Waals surface area contributed by atoms with Crippen molar-refractivity contribution in [3.63, 3.8) is 0 Å². The maximum absolute atomic E-state index is 12.0. The summed E-state index contributed by atoms with van der Waals surface area (Å²) in [6.45, 7) is 1.65. The van der Waals surface area contributed by atoms with Gasteiger partial charge in [-0.3, -0.25) is 14.4 Å². The van der Waals surface area contributed by atoms with Gasteiger partial charge < -0.3 is 24.5 Å². The van der Waals surface area contributed by atoms with E-state index in [2.05, 4.69) is 10.6 Å². The van der Waals surface area contributed by atoms with E-state index in [0.29, 0.717) is 22.9 Å². The molecule has 9 heteroatoms. The van der Waals surface area contributed by atoms with Gasteiger partial charge in [0.15, 0.2) is 12.4 Å². The van der Waals surface area contributed by atoms with Crippen LogP contribution in [-0.2, 0) is 14.3 Å². The lowest BCUT2D eigenvalue weighted by Crippen LogP contribution is -2.25. The summed E-state index contributed by atoms with van der Waals surface area (Å²) in [6, 6.07) is 6.41. The van der Waals surface area contributed by atoms with E-state index in [9.17, 15) is 14.4 Å². The number of amides is 2. The number of halogens is 1. The molecule has 0 bridgehead atoms. The average molecular weight is 409 g/mol. The van der Waals surface area contributed by atoms with Crippen LogP contribution in [-0.4, -0.2) is 38.0 Å². The minimum absolute atomic E-state index is 0.0646. The van der Waals surface area contributed by atoms with Crippen LogP contribution in [0.25, 0.3) is 0 Å². The Bertz CT molecular complexity index is 835. The van der Waals surface area contributed by atoms with Crippen LogP contribution >= 0.6 is 11.6 Å². The lowest BCUT2D eigenvalue weighted by molar-refractivity contribution is -0.147. The normalized spacial score (nSPS) is 10.2. The van der Waals surface area contributed by atoms with E-state index in [0.717, 1.165) is 5.56 Å². The number of anilines is 1. The molecule has 28 heavy (non-hydrogen) atoms. The van der Waals surface area contributed by atoms with E-state index < -0.39 is 18.5 Å². The lowest BCUT2D eigenvalue weighted by atomic mass is 10.2. The Morgan fingerprint density at radius 2 is 2.04 bits per heavy atom. The van der Waals surface area contributed by atoms with Gasteiger partial charge in [0, 0.05) is 24.1 Å². The summed E-state index contributed by atoms with van der Waals surface area (Å²) >= 11 is 6.02. The van der Waals surface area contributed by atoms with E-state index in [1.807, 2.05) is 0 Å². The van der Waals surface area contributed by atoms with Crippen molar-refractivity contribution in [2.75, 3.05) is 25.6 Å². The number of ether oxygens (including phenoxy) is 2. The lowest BCUT2D eigenvalue weighted by Gasteiger charge is -2.12. The maximum Gasteiger partial charge on any atom is 0.306 e. The molecule has 1 aromatic heterocycles. The Morgan fingerprint density at radius 1 is 1.25 bits per heavy atom. The Morgan fingerprint density at radius 3 is 2.71 bits per heavy atom. The molecule has 2 N–H and O–H groups in total. The summed E-state index contributed by atoms with van der Waals surface area (Å²) in [5.41, 5.74) is 1.21. The van der Waals surface area contributed by atoms with Gasteiger partial charge >= 0.3 is 5.97 Å². The van der Waals surface area contributed by atoms with Gasteiger partial charge in [-0.25, -0.2) is 0 Å². The quantitative estimate of drug-likeness (QED) is 0.488. The number of carbonyl (C=O) groups is 3. The van der Waals surface area contributed by atoms with Crippen LogP contribution in [0.3, 0.4) is 0 Å². The van der Waals surface area contributed by atoms with Crippen molar-refractivity contribution < 1.29 is 28.3 Å². The Balaban J connectivity index is 1.69. The van der Waals surface area contributed by atoms with Crippen molar-refractivity contribution >= 4 is 35.1 Å². The van der Waals surface area contributed by atoms with Gasteiger partial charge in [0.25, 0.3) is 11.8 Å². The third-order valence-electron chi connectivity index (χ3n) is 3.71. The highest BCUT2D eigenvalue weighted by Crippen LogP contribution is 2.30. The molecule has 8 nitrogen and oxygen atoms in total. The predicted molar refractivity (Wildman–Crippen MR) is 103 cm³/mol. The second-order valence-electron chi connectivity index (χ2n) is 5.85. The second-order valence-corrected chi connectivity index (χ2v) is 6.25. The van der Waals surface area contributed by atoms with Crippen molar-refractivity contribution in [1.29, 1.82) is 0 Å². The molecule has 0 aliphatic rings. The van der Waals surface area contributed by atoms with Crippen LogP contribution in [0.15, 0.2) is 34.9 Å². The molecule has 0 radical (unpaired) electrons. The molecule has 1 heterocycles.